The van der Waals surface area contributed by atoms with Gasteiger partial charge in [0.1, 0.15) is 0 Å². The van der Waals surface area contributed by atoms with Gasteiger partial charge in [0.15, 0.2) is 0 Å². The molecule has 0 heterocycles. The van der Waals surface area contributed by atoms with Crippen molar-refractivity contribution in [1.82, 2.24) is 0 Å². The summed E-state index contributed by atoms with van der Waals surface area (Å²) >= 11 is 0. The normalized spacial score (nSPS) is 23.3. The first-order chi connectivity index (χ1) is 7.72. The largest absolute Gasteiger partial charge is 0.0584 e. The monoisotopic (exact) mass is 230 g/mol. The molecule has 1 aromatic carbocycles. The van der Waals surface area contributed by atoms with Gasteiger partial charge in [-0.15, -0.1) is 0 Å². The summed E-state index contributed by atoms with van der Waals surface area (Å²) in [4.78, 5) is 0. The zero-order valence-corrected chi connectivity index (χ0v) is 12.2. The molecule has 0 fully saturated rings. The molecule has 2 rings (SSSR count). The van der Waals surface area contributed by atoms with Gasteiger partial charge in [-0.3, -0.25) is 0 Å². The van der Waals surface area contributed by atoms with Crippen LogP contribution in [0, 0.1) is 0 Å². The first kappa shape index (κ1) is 12.7. The lowest BCUT2D eigenvalue weighted by Crippen LogP contribution is -2.26. The summed E-state index contributed by atoms with van der Waals surface area (Å²) in [5, 5.41) is 0. The fraction of sp³-hybridized carbons (Fsp3) is 0.647. The second kappa shape index (κ2) is 3.86. The van der Waals surface area contributed by atoms with Crippen LogP contribution < -0.4 is 0 Å². The fourth-order valence-electron chi connectivity index (χ4n) is 2.91. The van der Waals surface area contributed by atoms with Gasteiger partial charge in [-0.2, -0.15) is 0 Å². The molecule has 0 bridgehead atoms. The van der Waals surface area contributed by atoms with E-state index in [-0.39, 0.29) is 5.41 Å². The lowest BCUT2D eigenvalue weighted by Gasteiger charge is -2.37. The smallest absolute Gasteiger partial charge is 0.0100 e. The molecule has 1 aliphatic rings. The molecule has 94 valence electrons. The number of hydrogen-bond acceptors (Lipinski definition) is 0. The van der Waals surface area contributed by atoms with Crippen LogP contribution in [0.5, 0.6) is 0 Å². The molecule has 0 saturated heterocycles. The summed E-state index contributed by atoms with van der Waals surface area (Å²) in [5.74, 6) is 0.729. The maximum absolute atomic E-state index is 2.46. The second-order valence-electron chi connectivity index (χ2n) is 7.38. The van der Waals surface area contributed by atoms with E-state index in [0.717, 1.165) is 5.92 Å². The highest BCUT2D eigenvalue weighted by Gasteiger charge is 2.31. The van der Waals surface area contributed by atoms with Crippen LogP contribution in [0.15, 0.2) is 18.2 Å². The summed E-state index contributed by atoms with van der Waals surface area (Å²) in [7, 11) is 0. The molecule has 0 radical (unpaired) electrons. The third-order valence-corrected chi connectivity index (χ3v) is 4.38. The predicted octanol–water partition coefficient (Wildman–Crippen LogP) is 5.16. The molecule has 0 nitrogen and oxygen atoms in total. The van der Waals surface area contributed by atoms with Crippen LogP contribution in [0.25, 0.3) is 0 Å². The van der Waals surface area contributed by atoms with Crippen LogP contribution in [0.2, 0.25) is 0 Å². The van der Waals surface area contributed by atoms with E-state index < -0.39 is 0 Å². The number of fused-ring (bicyclic) bond motifs is 1. The van der Waals surface area contributed by atoms with Gasteiger partial charge >= 0.3 is 0 Å². The Kier molecular flexibility index (Phi) is 2.88. The van der Waals surface area contributed by atoms with E-state index in [1.54, 1.807) is 11.1 Å². The average molecular weight is 230 g/mol. The SMILES string of the molecule is CC1CCC(C)(C)c2cc(C(C)(C)C)ccc21. The van der Waals surface area contributed by atoms with E-state index in [2.05, 4.69) is 59.7 Å². The second-order valence-corrected chi connectivity index (χ2v) is 7.38. The third kappa shape index (κ3) is 2.27. The minimum atomic E-state index is 0.256. The van der Waals surface area contributed by atoms with E-state index in [4.69, 9.17) is 0 Å². The maximum atomic E-state index is 2.46. The highest BCUT2D eigenvalue weighted by atomic mass is 14.4. The highest BCUT2D eigenvalue weighted by Crippen LogP contribution is 2.43. The van der Waals surface area contributed by atoms with Gasteiger partial charge in [-0.05, 0) is 46.3 Å². The van der Waals surface area contributed by atoms with E-state index in [0.29, 0.717) is 5.41 Å². The van der Waals surface area contributed by atoms with Crippen LogP contribution in [-0.2, 0) is 10.8 Å². The van der Waals surface area contributed by atoms with Gasteiger partial charge in [0, 0.05) is 0 Å². The van der Waals surface area contributed by atoms with Crippen molar-refractivity contribution in [3.63, 3.8) is 0 Å². The van der Waals surface area contributed by atoms with E-state index in [1.807, 2.05) is 0 Å². The van der Waals surface area contributed by atoms with Crippen molar-refractivity contribution in [3.05, 3.63) is 34.9 Å². The molecule has 0 aromatic heterocycles. The molecular weight excluding hydrogens is 204 g/mol. The van der Waals surface area contributed by atoms with Gasteiger partial charge in [0.25, 0.3) is 0 Å². The molecule has 1 unspecified atom stereocenters. The van der Waals surface area contributed by atoms with Crippen molar-refractivity contribution in [2.45, 2.75) is 71.1 Å². The van der Waals surface area contributed by atoms with Crippen molar-refractivity contribution in [2.24, 2.45) is 0 Å². The van der Waals surface area contributed by atoms with Crippen molar-refractivity contribution in [3.8, 4) is 0 Å². The van der Waals surface area contributed by atoms with Crippen molar-refractivity contribution in [2.75, 3.05) is 0 Å². The molecule has 0 spiro atoms. The van der Waals surface area contributed by atoms with Crippen LogP contribution in [-0.4, -0.2) is 0 Å². The average Bonchev–Trinajstić information content (AvgIpc) is 2.22. The van der Waals surface area contributed by atoms with Crippen molar-refractivity contribution < 1.29 is 0 Å². The Bertz CT molecular complexity index is 418. The van der Waals surface area contributed by atoms with Crippen molar-refractivity contribution >= 4 is 0 Å². The minimum absolute atomic E-state index is 0.256. The van der Waals surface area contributed by atoms with Gasteiger partial charge in [-0.1, -0.05) is 59.7 Å². The third-order valence-electron chi connectivity index (χ3n) is 4.38. The Morgan fingerprint density at radius 1 is 1.18 bits per heavy atom. The maximum Gasteiger partial charge on any atom is -0.0100 e. The zero-order chi connectivity index (χ0) is 12.8. The first-order valence-electron chi connectivity index (χ1n) is 6.87. The first-order valence-corrected chi connectivity index (χ1v) is 6.87. The Balaban J connectivity index is 2.56. The molecular formula is C17H26. The molecule has 1 atom stereocenters. The highest BCUT2D eigenvalue weighted by molar-refractivity contribution is 5.42. The Morgan fingerprint density at radius 2 is 1.82 bits per heavy atom. The molecule has 17 heavy (non-hydrogen) atoms. The number of hydrogen-bond donors (Lipinski definition) is 0. The predicted molar refractivity (Wildman–Crippen MR) is 75.8 cm³/mol. The fourth-order valence-corrected chi connectivity index (χ4v) is 2.91. The Morgan fingerprint density at radius 3 is 2.41 bits per heavy atom. The molecule has 1 aromatic rings. The quantitative estimate of drug-likeness (QED) is 0.577. The van der Waals surface area contributed by atoms with Gasteiger partial charge in [0.2, 0.25) is 0 Å². The molecule has 0 aliphatic heterocycles. The van der Waals surface area contributed by atoms with E-state index in [1.165, 1.54) is 18.4 Å². The zero-order valence-electron chi connectivity index (χ0n) is 12.2. The number of rotatable bonds is 0. The number of benzene rings is 1. The van der Waals surface area contributed by atoms with Crippen LogP contribution in [0.1, 0.15) is 77.0 Å². The Hall–Kier alpha value is -0.780. The molecule has 0 N–H and O–H groups in total. The van der Waals surface area contributed by atoms with Gasteiger partial charge < -0.3 is 0 Å². The lowest BCUT2D eigenvalue weighted by molar-refractivity contribution is 0.401. The van der Waals surface area contributed by atoms with E-state index in [9.17, 15) is 0 Å². The summed E-state index contributed by atoms with van der Waals surface area (Å²) in [6.45, 7) is 14.1. The summed E-state index contributed by atoms with van der Waals surface area (Å²) in [6.07, 6.45) is 2.64. The topological polar surface area (TPSA) is 0 Å². The summed E-state index contributed by atoms with van der Waals surface area (Å²) in [6, 6.07) is 7.17. The molecule has 0 saturated carbocycles. The molecule has 0 heteroatoms. The summed E-state index contributed by atoms with van der Waals surface area (Å²) in [5.41, 5.74) is 5.24. The minimum Gasteiger partial charge on any atom is -0.0584 e. The van der Waals surface area contributed by atoms with Crippen LogP contribution >= 0.6 is 0 Å². The summed E-state index contributed by atoms with van der Waals surface area (Å²) < 4.78 is 0. The Labute approximate surface area is 106 Å². The van der Waals surface area contributed by atoms with Crippen molar-refractivity contribution in [1.29, 1.82) is 0 Å². The van der Waals surface area contributed by atoms with Crippen LogP contribution in [0.3, 0.4) is 0 Å². The molecule has 1 aliphatic carbocycles. The van der Waals surface area contributed by atoms with E-state index >= 15 is 0 Å². The van der Waals surface area contributed by atoms with Crippen LogP contribution in [0.4, 0.5) is 0 Å². The van der Waals surface area contributed by atoms with Gasteiger partial charge in [0.05, 0.1) is 0 Å². The lowest BCUT2D eigenvalue weighted by atomic mass is 9.68. The van der Waals surface area contributed by atoms with Gasteiger partial charge in [-0.25, -0.2) is 0 Å². The molecule has 0 amide bonds. The standard InChI is InChI=1S/C17H26/c1-12-9-10-17(5,6)15-11-13(16(2,3)4)7-8-14(12)15/h7-8,11-12H,9-10H2,1-6H3.